The molecule has 2 aliphatic carbocycles. The van der Waals surface area contributed by atoms with Gasteiger partial charge in [-0.25, -0.2) is 0 Å². The highest BCUT2D eigenvalue weighted by Crippen LogP contribution is 2.65. The van der Waals surface area contributed by atoms with E-state index in [2.05, 4.69) is 193 Å². The van der Waals surface area contributed by atoms with Crippen LogP contribution in [0.25, 0.3) is 49.8 Å². The first-order valence-corrected chi connectivity index (χ1v) is 25.6. The van der Waals surface area contributed by atoms with E-state index in [-0.39, 0.29) is 39.5 Å². The summed E-state index contributed by atoms with van der Waals surface area (Å²) >= 11 is 0. The van der Waals surface area contributed by atoms with Crippen LogP contribution in [0.4, 0.5) is 22.7 Å². The molecule has 2 aromatic heterocycles. The highest BCUT2D eigenvalue weighted by Gasteiger charge is 2.63. The van der Waals surface area contributed by atoms with Crippen LogP contribution in [0, 0.1) is 0 Å². The van der Waals surface area contributed by atoms with Crippen LogP contribution < -0.4 is 26.2 Å². The first kappa shape index (κ1) is 40.4. The predicted molar refractivity (Wildman–Crippen MR) is 284 cm³/mol. The van der Waals surface area contributed by atoms with Crippen molar-refractivity contribution in [3.8, 4) is 16.8 Å². The van der Waals surface area contributed by atoms with Crippen LogP contribution >= 0.6 is 0 Å². The summed E-state index contributed by atoms with van der Waals surface area (Å²) in [5.41, 5.74) is 22.7. The van der Waals surface area contributed by atoms with E-state index in [4.69, 9.17) is 4.42 Å². The Hall–Kier alpha value is -5.68. The molecule has 6 aliphatic rings. The Morgan fingerprint density at radius 3 is 1.90 bits per heavy atom. The number of hydrogen-bond donors (Lipinski definition) is 0. The van der Waals surface area contributed by atoms with E-state index in [0.717, 1.165) is 17.7 Å². The summed E-state index contributed by atoms with van der Waals surface area (Å²) in [6.45, 7) is 25.0. The number of furan rings is 1. The van der Waals surface area contributed by atoms with Crippen LogP contribution in [0.3, 0.4) is 0 Å². The van der Waals surface area contributed by atoms with Crippen molar-refractivity contribution in [1.29, 1.82) is 0 Å². The average molecular weight is 878 g/mol. The topological polar surface area (TPSA) is 24.6 Å². The van der Waals surface area contributed by atoms with Gasteiger partial charge in [-0.2, -0.15) is 0 Å². The van der Waals surface area contributed by atoms with E-state index >= 15 is 0 Å². The second-order valence-electron chi connectivity index (χ2n) is 24.8. The molecule has 4 nitrogen and oxygen atoms in total. The fourth-order valence-corrected chi connectivity index (χ4v) is 15.3. The highest BCUT2D eigenvalue weighted by molar-refractivity contribution is 7.00. The molecule has 5 heteroatoms. The molecule has 0 N–H and O–H groups in total. The summed E-state index contributed by atoms with van der Waals surface area (Å²) in [7, 11) is 0. The van der Waals surface area contributed by atoms with Gasteiger partial charge in [-0.15, -0.1) is 0 Å². The fourth-order valence-electron chi connectivity index (χ4n) is 15.3. The van der Waals surface area contributed by atoms with Crippen LogP contribution in [0.2, 0.25) is 0 Å². The maximum absolute atomic E-state index is 7.21. The first-order valence-electron chi connectivity index (χ1n) is 25.6. The number of nitrogens with zero attached hydrogens (tertiary/aromatic N) is 3. The molecule has 8 aromatic rings. The second-order valence-corrected chi connectivity index (χ2v) is 24.8. The average Bonchev–Trinajstić information content (AvgIpc) is 3.96. The third kappa shape index (κ3) is 4.82. The van der Waals surface area contributed by atoms with Crippen molar-refractivity contribution in [1.82, 2.24) is 4.57 Å². The van der Waals surface area contributed by atoms with Crippen molar-refractivity contribution in [2.75, 3.05) is 9.80 Å². The van der Waals surface area contributed by atoms with E-state index in [1.807, 2.05) is 0 Å². The van der Waals surface area contributed by atoms with Crippen LogP contribution in [0.1, 0.15) is 143 Å². The SMILES string of the molecule is CC(C)(C)c1cc2c3c(c1)C1(C)CCCCC1(C)N3c1cc(N3c4ccc(-c5ccccc5)cc4C4(C)CCCCC34C)cc3c1B2c1cc(C(C)(C)C)cc2c4c5ccccc5oc4n-3c12. The van der Waals surface area contributed by atoms with E-state index < -0.39 is 0 Å². The Morgan fingerprint density at radius 2 is 1.16 bits per heavy atom. The van der Waals surface area contributed by atoms with Gasteiger partial charge in [0, 0.05) is 50.0 Å². The quantitative estimate of drug-likeness (QED) is 0.162. The van der Waals surface area contributed by atoms with Gasteiger partial charge < -0.3 is 14.2 Å². The Kier molecular flexibility index (Phi) is 7.65. The molecule has 4 atom stereocenters. The number of rotatable bonds is 2. The molecule has 2 fully saturated rings. The minimum Gasteiger partial charge on any atom is -0.439 e. The van der Waals surface area contributed by atoms with Crippen molar-refractivity contribution in [2.45, 2.75) is 153 Å². The van der Waals surface area contributed by atoms with Crippen molar-refractivity contribution in [3.05, 3.63) is 131 Å². The number of fused-ring (bicyclic) bond motifs is 15. The summed E-state index contributed by atoms with van der Waals surface area (Å²) in [5, 5.41) is 3.75. The Labute approximate surface area is 397 Å². The monoisotopic (exact) mass is 878 g/mol. The maximum Gasteiger partial charge on any atom is 0.252 e. The summed E-state index contributed by atoms with van der Waals surface area (Å²) in [4.78, 5) is 5.78. The van der Waals surface area contributed by atoms with E-state index in [9.17, 15) is 0 Å². The lowest BCUT2D eigenvalue weighted by Gasteiger charge is -2.53. The van der Waals surface area contributed by atoms with Crippen molar-refractivity contribution >= 4 is 78.8 Å². The van der Waals surface area contributed by atoms with E-state index in [1.54, 1.807) is 5.56 Å². The van der Waals surface area contributed by atoms with Gasteiger partial charge in [0.05, 0.1) is 22.0 Å². The molecule has 4 unspecified atom stereocenters. The predicted octanol–water partition coefficient (Wildman–Crippen LogP) is 14.4. The van der Waals surface area contributed by atoms with Crippen molar-refractivity contribution in [3.63, 3.8) is 0 Å². The molecular formula is C62H64BN3O. The molecule has 336 valence electrons. The summed E-state index contributed by atoms with van der Waals surface area (Å²) < 4.78 is 9.81. The molecule has 0 radical (unpaired) electrons. The smallest absolute Gasteiger partial charge is 0.252 e. The minimum atomic E-state index is -0.119. The van der Waals surface area contributed by atoms with Crippen LogP contribution in [-0.4, -0.2) is 22.4 Å². The fraction of sp³-hybridized carbons (Fsp3) is 0.387. The van der Waals surface area contributed by atoms with E-state index in [1.165, 1.54) is 139 Å². The number of hydrogen-bond acceptors (Lipinski definition) is 3. The number of benzene rings is 6. The number of anilines is 4. The number of para-hydroxylation sites is 1. The lowest BCUT2D eigenvalue weighted by atomic mass is 9.33. The molecule has 67 heavy (non-hydrogen) atoms. The van der Waals surface area contributed by atoms with Crippen molar-refractivity contribution in [2.24, 2.45) is 0 Å². The molecule has 0 amide bonds. The zero-order chi connectivity index (χ0) is 45.9. The molecular weight excluding hydrogens is 814 g/mol. The largest absolute Gasteiger partial charge is 0.439 e. The minimum absolute atomic E-state index is 0.00110. The van der Waals surface area contributed by atoms with Gasteiger partial charge in [0.2, 0.25) is 5.71 Å². The third-order valence-electron chi connectivity index (χ3n) is 19.4. The van der Waals surface area contributed by atoms with Gasteiger partial charge in [-0.1, -0.05) is 154 Å². The number of aromatic nitrogens is 1. The summed E-state index contributed by atoms with van der Waals surface area (Å²) in [6.07, 6.45) is 9.71. The first-order chi connectivity index (χ1) is 32.0. The molecule has 6 heterocycles. The Morgan fingerprint density at radius 1 is 0.537 bits per heavy atom. The second kappa shape index (κ2) is 12.7. The van der Waals surface area contributed by atoms with E-state index in [0.29, 0.717) is 0 Å². The van der Waals surface area contributed by atoms with Gasteiger partial charge in [-0.3, -0.25) is 4.57 Å². The zero-order valence-electron chi connectivity index (χ0n) is 41.4. The molecule has 0 bridgehead atoms. The van der Waals surface area contributed by atoms with Crippen LogP contribution in [0.5, 0.6) is 0 Å². The Balaban J connectivity index is 1.15. The summed E-state index contributed by atoms with van der Waals surface area (Å²) in [5.74, 6) is 0. The van der Waals surface area contributed by atoms with Gasteiger partial charge in [0.15, 0.2) is 0 Å². The van der Waals surface area contributed by atoms with Gasteiger partial charge in [0.25, 0.3) is 6.71 Å². The Bertz CT molecular complexity index is 3490. The molecule has 0 saturated heterocycles. The molecule has 4 aliphatic heterocycles. The lowest BCUT2D eigenvalue weighted by molar-refractivity contribution is 0.194. The standard InChI is InChI=1S/C62H64BN3O/c1-57(2,3)39-31-43-52-42-22-14-15-23-51(42)67-56(52)64-49-35-41(65-48-25-24-38(37-20-12-11-13-21-37)30-44(48)59(7)26-16-18-28-61(59,65)9)36-50-53(49)63(46(33-39)54(43)64)47-34-40(58(4,5)6)32-45-55(47)66(50)62(10)29-19-17-27-60(45,62)8/h11-15,20-25,30-36H,16-19,26-29H2,1-10H3. The molecule has 0 spiro atoms. The van der Waals surface area contributed by atoms with Gasteiger partial charge >= 0.3 is 0 Å². The van der Waals surface area contributed by atoms with Crippen molar-refractivity contribution < 1.29 is 4.42 Å². The van der Waals surface area contributed by atoms with Gasteiger partial charge in [0.1, 0.15) is 5.58 Å². The highest BCUT2D eigenvalue weighted by atomic mass is 16.3. The summed E-state index contributed by atoms with van der Waals surface area (Å²) in [6, 6.07) is 43.0. The van der Waals surface area contributed by atoms with Gasteiger partial charge in [-0.05, 0) is 137 Å². The zero-order valence-corrected chi connectivity index (χ0v) is 41.4. The maximum atomic E-state index is 7.21. The molecule has 2 saturated carbocycles. The molecule has 6 aromatic carbocycles. The normalized spacial score (nSPS) is 25.7. The molecule has 14 rings (SSSR count). The lowest BCUT2D eigenvalue weighted by Crippen LogP contribution is -2.64. The van der Waals surface area contributed by atoms with Crippen LogP contribution in [0.15, 0.2) is 114 Å². The van der Waals surface area contributed by atoms with Crippen LogP contribution in [-0.2, 0) is 21.7 Å². The third-order valence-corrected chi connectivity index (χ3v) is 19.4.